The summed E-state index contributed by atoms with van der Waals surface area (Å²) in [6, 6.07) is 15.6. The van der Waals surface area contributed by atoms with Crippen molar-refractivity contribution in [1.29, 1.82) is 0 Å². The number of non-ortho nitro benzene ring substituents is 1. The Labute approximate surface area is 177 Å². The number of amidine groups is 1. The monoisotopic (exact) mass is 440 g/mol. The van der Waals surface area contributed by atoms with Crippen molar-refractivity contribution in [3.05, 3.63) is 82.1 Å². The van der Waals surface area contributed by atoms with Crippen LogP contribution in [0.1, 0.15) is 11.3 Å². The molecule has 1 aliphatic heterocycles. The van der Waals surface area contributed by atoms with E-state index in [1.165, 1.54) is 29.4 Å². The average molecular weight is 440 g/mol. The summed E-state index contributed by atoms with van der Waals surface area (Å²) in [6.45, 7) is -0.250. The van der Waals surface area contributed by atoms with Gasteiger partial charge in [-0.25, -0.2) is 5.01 Å². The van der Waals surface area contributed by atoms with Crippen molar-refractivity contribution in [2.75, 3.05) is 13.2 Å². The largest absolute Gasteiger partial charge is 0.455 e. The van der Waals surface area contributed by atoms with Gasteiger partial charge in [0.05, 0.1) is 24.3 Å². The van der Waals surface area contributed by atoms with Crippen LogP contribution in [-0.4, -0.2) is 48.7 Å². The van der Waals surface area contributed by atoms with Gasteiger partial charge in [0.1, 0.15) is 16.4 Å². The number of nitro benzene ring substituents is 1. The number of hydrogen-bond acceptors (Lipinski definition) is 8. The maximum absolute atomic E-state index is 12.3. The highest BCUT2D eigenvalue weighted by atomic mass is 32.2. The number of hydrogen-bond donors (Lipinski definition) is 1. The van der Waals surface area contributed by atoms with Crippen LogP contribution in [0.3, 0.4) is 0 Å². The molecule has 0 fully saturated rings. The lowest BCUT2D eigenvalue weighted by Crippen LogP contribution is -2.28. The van der Waals surface area contributed by atoms with Crippen LogP contribution >= 0.6 is 0 Å². The lowest BCUT2D eigenvalue weighted by Gasteiger charge is -2.17. The molecule has 0 amide bonds. The van der Waals surface area contributed by atoms with E-state index in [1.807, 2.05) is 0 Å². The van der Waals surface area contributed by atoms with E-state index in [0.29, 0.717) is 22.6 Å². The normalized spacial score (nSPS) is 14.4. The van der Waals surface area contributed by atoms with Crippen molar-refractivity contribution in [2.45, 2.75) is 4.90 Å². The van der Waals surface area contributed by atoms with Gasteiger partial charge in [-0.2, -0.15) is 13.5 Å². The number of aliphatic hydroxyl groups excluding tert-OH is 1. The number of benzene rings is 2. The maximum atomic E-state index is 12.3. The van der Waals surface area contributed by atoms with Crippen LogP contribution in [0.2, 0.25) is 0 Å². The molecule has 0 atom stereocenters. The zero-order chi connectivity index (χ0) is 22.0. The summed E-state index contributed by atoms with van der Waals surface area (Å²) in [6.07, 6.45) is 1.38. The Hall–Kier alpha value is -3.83. The first-order chi connectivity index (χ1) is 14.9. The summed E-state index contributed by atoms with van der Waals surface area (Å²) in [4.78, 5) is 10.4. The van der Waals surface area contributed by atoms with Crippen LogP contribution in [0, 0.1) is 10.1 Å². The highest BCUT2D eigenvalue weighted by Gasteiger charge is 2.31. The molecule has 10 nitrogen and oxygen atoms in total. The second-order valence-electron chi connectivity index (χ2n) is 6.48. The number of fused-ring (bicyclic) bond motifs is 1. The van der Waals surface area contributed by atoms with Gasteiger partial charge in [0.25, 0.3) is 15.7 Å². The van der Waals surface area contributed by atoms with Crippen molar-refractivity contribution in [2.24, 2.45) is 9.50 Å². The Kier molecular flexibility index (Phi) is 5.36. The van der Waals surface area contributed by atoms with Crippen molar-refractivity contribution < 1.29 is 22.9 Å². The fourth-order valence-corrected chi connectivity index (χ4v) is 4.25. The van der Waals surface area contributed by atoms with Gasteiger partial charge in [-0.3, -0.25) is 10.1 Å². The number of rotatable bonds is 6. The molecule has 31 heavy (non-hydrogen) atoms. The minimum Gasteiger partial charge on any atom is -0.455 e. The van der Waals surface area contributed by atoms with Gasteiger partial charge in [-0.15, -0.1) is 4.40 Å². The summed E-state index contributed by atoms with van der Waals surface area (Å²) in [5.74, 6) is 0.963. The first-order valence-corrected chi connectivity index (χ1v) is 10.5. The van der Waals surface area contributed by atoms with Crippen LogP contribution in [0.15, 0.2) is 79.5 Å². The summed E-state index contributed by atoms with van der Waals surface area (Å²) in [5, 5.41) is 25.7. The third kappa shape index (κ3) is 4.09. The Morgan fingerprint density at radius 1 is 1.13 bits per heavy atom. The van der Waals surface area contributed by atoms with E-state index in [9.17, 15) is 23.6 Å². The molecule has 0 spiro atoms. The molecule has 2 aromatic carbocycles. The number of nitrogens with zero attached hydrogens (tertiary/aromatic N) is 4. The highest BCUT2D eigenvalue weighted by molar-refractivity contribution is 7.90. The van der Waals surface area contributed by atoms with Gasteiger partial charge in [0.15, 0.2) is 5.84 Å². The average Bonchev–Trinajstić information content (AvgIpc) is 3.34. The lowest BCUT2D eigenvalue weighted by molar-refractivity contribution is -0.384. The van der Waals surface area contributed by atoms with E-state index >= 15 is 0 Å². The van der Waals surface area contributed by atoms with E-state index in [-0.39, 0.29) is 29.6 Å². The van der Waals surface area contributed by atoms with Crippen LogP contribution in [0.25, 0.3) is 11.3 Å². The first-order valence-electron chi connectivity index (χ1n) is 9.10. The predicted octanol–water partition coefficient (Wildman–Crippen LogP) is 2.63. The third-order valence-electron chi connectivity index (χ3n) is 4.48. The Morgan fingerprint density at radius 2 is 1.87 bits per heavy atom. The quantitative estimate of drug-likeness (QED) is 0.353. The topological polar surface area (TPSA) is 139 Å². The molecule has 2 heterocycles. The molecule has 0 aliphatic carbocycles. The van der Waals surface area contributed by atoms with E-state index in [4.69, 9.17) is 4.42 Å². The smallest absolute Gasteiger partial charge is 0.285 e. The van der Waals surface area contributed by atoms with Crippen LogP contribution in [0.5, 0.6) is 0 Å². The highest BCUT2D eigenvalue weighted by Crippen LogP contribution is 2.28. The maximum Gasteiger partial charge on any atom is 0.285 e. The van der Waals surface area contributed by atoms with Crippen LogP contribution < -0.4 is 0 Å². The Morgan fingerprint density at radius 3 is 2.58 bits per heavy atom. The molecule has 0 bridgehead atoms. The molecule has 3 aromatic rings. The molecule has 0 saturated heterocycles. The van der Waals surface area contributed by atoms with E-state index in [0.717, 1.165) is 0 Å². The molecular weight excluding hydrogens is 424 g/mol. The zero-order valence-corrected chi connectivity index (χ0v) is 16.8. The van der Waals surface area contributed by atoms with Gasteiger partial charge in [0, 0.05) is 23.3 Å². The molecule has 4 rings (SSSR count). The first kappa shape index (κ1) is 20.4. The lowest BCUT2D eigenvalue weighted by atomic mass is 10.1. The van der Waals surface area contributed by atoms with E-state index in [1.54, 1.807) is 42.5 Å². The van der Waals surface area contributed by atoms with Crippen LogP contribution in [0.4, 0.5) is 5.69 Å². The number of hydrazone groups is 1. The van der Waals surface area contributed by atoms with Crippen molar-refractivity contribution >= 4 is 27.8 Å². The summed E-state index contributed by atoms with van der Waals surface area (Å²) in [7, 11) is -3.82. The molecular formula is C20H16N4O6S. The van der Waals surface area contributed by atoms with Gasteiger partial charge in [-0.05, 0) is 36.4 Å². The van der Waals surface area contributed by atoms with Crippen molar-refractivity contribution in [3.63, 3.8) is 0 Å². The standard InChI is InChI=1S/C20H16N4O6S/c25-12-11-23(20-17-3-1-2-4-19(17)31(28,29)22-20)21-13-16-9-10-18(30-16)14-5-7-15(8-6-14)24(26)27/h1-10,13,25H,11-12H2/b21-13-. The SMILES string of the molecule is O=[N+]([O-])c1ccc(-c2ccc(/C=N\N(CCO)C3=NS(=O)(=O)c4ccccc43)o2)cc1. The van der Waals surface area contributed by atoms with Crippen molar-refractivity contribution in [3.8, 4) is 11.3 Å². The number of nitro groups is 1. The number of aliphatic hydroxyl groups is 1. The van der Waals surface area contributed by atoms with Crippen LogP contribution in [-0.2, 0) is 10.0 Å². The number of sulfonamides is 1. The summed E-state index contributed by atoms with van der Waals surface area (Å²) in [5.41, 5.74) is 1.03. The fourth-order valence-electron chi connectivity index (χ4n) is 3.04. The molecule has 1 aromatic heterocycles. The minimum atomic E-state index is -3.82. The predicted molar refractivity (Wildman–Crippen MR) is 112 cm³/mol. The third-order valence-corrected chi connectivity index (χ3v) is 5.81. The second-order valence-corrected chi connectivity index (χ2v) is 8.06. The second kappa shape index (κ2) is 8.13. The Bertz CT molecular complexity index is 1300. The van der Waals surface area contributed by atoms with Gasteiger partial charge in [-0.1, -0.05) is 12.1 Å². The number of furan rings is 1. The van der Waals surface area contributed by atoms with Crippen molar-refractivity contribution in [1.82, 2.24) is 5.01 Å². The summed E-state index contributed by atoms with van der Waals surface area (Å²) < 4.78 is 34.1. The molecule has 1 aliphatic rings. The zero-order valence-electron chi connectivity index (χ0n) is 16.0. The molecule has 0 radical (unpaired) electrons. The molecule has 1 N–H and O–H groups in total. The Balaban J connectivity index is 1.59. The fraction of sp³-hybridized carbons (Fsp3) is 0.100. The van der Waals surface area contributed by atoms with Gasteiger partial charge >= 0.3 is 0 Å². The van der Waals surface area contributed by atoms with E-state index in [2.05, 4.69) is 9.50 Å². The van der Waals surface area contributed by atoms with E-state index < -0.39 is 14.9 Å². The van der Waals surface area contributed by atoms with Gasteiger partial charge < -0.3 is 9.52 Å². The molecule has 0 saturated carbocycles. The molecule has 11 heteroatoms. The molecule has 158 valence electrons. The minimum absolute atomic E-state index is 0.0229. The molecule has 0 unspecified atom stereocenters. The summed E-state index contributed by atoms with van der Waals surface area (Å²) >= 11 is 0. The van der Waals surface area contributed by atoms with Gasteiger partial charge in [0.2, 0.25) is 0 Å².